The number of carboxylic acid groups (broad SMARTS) is 1. The van der Waals surface area contributed by atoms with Crippen molar-refractivity contribution in [2.45, 2.75) is 38.7 Å². The van der Waals surface area contributed by atoms with E-state index in [0.29, 0.717) is 24.6 Å². The van der Waals surface area contributed by atoms with Gasteiger partial charge in [0.1, 0.15) is 11.2 Å². The van der Waals surface area contributed by atoms with Crippen LogP contribution in [0.25, 0.3) is 0 Å². The minimum atomic E-state index is -1.25. The summed E-state index contributed by atoms with van der Waals surface area (Å²) in [6, 6.07) is 7.44. The predicted octanol–water partition coefficient (Wildman–Crippen LogP) is 1.84. The van der Waals surface area contributed by atoms with Gasteiger partial charge in [0.2, 0.25) is 0 Å². The SMILES string of the molecule is Cc1cccc(OCC(=O)N2CC[C@@H](O)[C@@](CC3CC3)(C(=O)O)C2)c1. The second-order valence-corrected chi connectivity index (χ2v) is 7.33. The fourth-order valence-electron chi connectivity index (χ4n) is 3.57. The topological polar surface area (TPSA) is 87.1 Å². The Kier molecular flexibility index (Phi) is 4.99. The Balaban J connectivity index is 1.65. The number of aliphatic hydroxyl groups excluding tert-OH is 1. The Labute approximate surface area is 147 Å². The van der Waals surface area contributed by atoms with Gasteiger partial charge in [-0.05, 0) is 43.4 Å². The quantitative estimate of drug-likeness (QED) is 0.820. The predicted molar refractivity (Wildman–Crippen MR) is 91.3 cm³/mol. The maximum absolute atomic E-state index is 12.5. The lowest BCUT2D eigenvalue weighted by atomic mass is 9.73. The highest BCUT2D eigenvalue weighted by Gasteiger charge is 2.52. The molecule has 136 valence electrons. The maximum Gasteiger partial charge on any atom is 0.314 e. The first-order valence-corrected chi connectivity index (χ1v) is 8.79. The summed E-state index contributed by atoms with van der Waals surface area (Å²) >= 11 is 0. The molecule has 0 radical (unpaired) electrons. The number of aliphatic hydroxyl groups is 1. The van der Waals surface area contributed by atoms with Crippen molar-refractivity contribution >= 4 is 11.9 Å². The van der Waals surface area contributed by atoms with Crippen LogP contribution in [0.15, 0.2) is 24.3 Å². The summed E-state index contributed by atoms with van der Waals surface area (Å²) in [6.07, 6.45) is 1.83. The van der Waals surface area contributed by atoms with Crippen LogP contribution in [0.4, 0.5) is 0 Å². The Hall–Kier alpha value is -2.08. The van der Waals surface area contributed by atoms with E-state index in [1.165, 1.54) is 4.90 Å². The molecule has 0 aromatic heterocycles. The van der Waals surface area contributed by atoms with E-state index >= 15 is 0 Å². The summed E-state index contributed by atoms with van der Waals surface area (Å²) in [5.74, 6) is -0.281. The lowest BCUT2D eigenvalue weighted by molar-refractivity contribution is -0.167. The van der Waals surface area contributed by atoms with Gasteiger partial charge >= 0.3 is 5.97 Å². The number of ether oxygens (including phenoxy) is 1. The number of hydrogen-bond donors (Lipinski definition) is 2. The number of aliphatic carboxylic acids is 1. The second-order valence-electron chi connectivity index (χ2n) is 7.33. The van der Waals surface area contributed by atoms with Crippen LogP contribution in [0.1, 0.15) is 31.2 Å². The number of carbonyl (C=O) groups is 2. The molecule has 1 aromatic rings. The third kappa shape index (κ3) is 3.95. The molecule has 1 saturated heterocycles. The molecule has 1 aromatic carbocycles. The van der Waals surface area contributed by atoms with Crippen molar-refractivity contribution in [3.05, 3.63) is 29.8 Å². The van der Waals surface area contributed by atoms with E-state index in [0.717, 1.165) is 18.4 Å². The van der Waals surface area contributed by atoms with Crippen molar-refractivity contribution in [3.8, 4) is 5.75 Å². The van der Waals surface area contributed by atoms with Crippen LogP contribution in [0.2, 0.25) is 0 Å². The largest absolute Gasteiger partial charge is 0.484 e. The van der Waals surface area contributed by atoms with Gasteiger partial charge in [-0.25, -0.2) is 0 Å². The molecular weight excluding hydrogens is 322 g/mol. The minimum Gasteiger partial charge on any atom is -0.484 e. The van der Waals surface area contributed by atoms with Crippen molar-refractivity contribution in [1.82, 2.24) is 4.90 Å². The summed E-state index contributed by atoms with van der Waals surface area (Å²) < 4.78 is 5.55. The maximum atomic E-state index is 12.5. The highest BCUT2D eigenvalue weighted by molar-refractivity contribution is 5.81. The number of benzene rings is 1. The molecule has 2 N–H and O–H groups in total. The summed E-state index contributed by atoms with van der Waals surface area (Å²) in [4.78, 5) is 25.9. The number of nitrogens with zero attached hydrogens (tertiary/aromatic N) is 1. The lowest BCUT2D eigenvalue weighted by Crippen LogP contribution is -2.58. The molecule has 3 rings (SSSR count). The Morgan fingerprint density at radius 1 is 1.32 bits per heavy atom. The van der Waals surface area contributed by atoms with Gasteiger partial charge in [0, 0.05) is 13.1 Å². The first-order chi connectivity index (χ1) is 11.9. The average Bonchev–Trinajstić information content (AvgIpc) is 3.38. The number of carbonyl (C=O) groups excluding carboxylic acids is 1. The highest BCUT2D eigenvalue weighted by atomic mass is 16.5. The Morgan fingerprint density at radius 2 is 2.08 bits per heavy atom. The third-order valence-electron chi connectivity index (χ3n) is 5.26. The molecule has 1 aliphatic carbocycles. The van der Waals surface area contributed by atoms with E-state index in [1.54, 1.807) is 6.07 Å². The zero-order valence-corrected chi connectivity index (χ0v) is 14.5. The molecule has 1 saturated carbocycles. The van der Waals surface area contributed by atoms with Crippen LogP contribution >= 0.6 is 0 Å². The zero-order valence-electron chi connectivity index (χ0n) is 14.5. The normalized spacial score (nSPS) is 26.3. The van der Waals surface area contributed by atoms with Crippen LogP contribution < -0.4 is 4.74 Å². The average molecular weight is 347 g/mol. The second kappa shape index (κ2) is 7.04. The minimum absolute atomic E-state index is 0.0516. The van der Waals surface area contributed by atoms with Gasteiger partial charge in [0.25, 0.3) is 5.91 Å². The Morgan fingerprint density at radius 3 is 2.72 bits per heavy atom. The molecule has 1 aliphatic heterocycles. The standard InChI is InChI=1S/C19H25NO5/c1-13-3-2-4-15(9-13)25-11-17(22)20-8-7-16(21)19(12-20,18(23)24)10-14-5-6-14/h2-4,9,14,16,21H,5-8,10-12H2,1H3,(H,23,24)/t16-,19+/m1/s1. The zero-order chi connectivity index (χ0) is 18.0. The molecule has 0 bridgehead atoms. The van der Waals surface area contributed by atoms with Gasteiger partial charge in [0.15, 0.2) is 6.61 Å². The molecule has 0 unspecified atom stereocenters. The van der Waals surface area contributed by atoms with Gasteiger partial charge in [0.05, 0.1) is 6.10 Å². The van der Waals surface area contributed by atoms with Crippen molar-refractivity contribution in [2.24, 2.45) is 11.3 Å². The molecule has 2 aliphatic rings. The summed E-state index contributed by atoms with van der Waals surface area (Å²) in [5.41, 5.74) is -0.210. The van der Waals surface area contributed by atoms with Gasteiger partial charge in [-0.1, -0.05) is 25.0 Å². The molecule has 1 amide bonds. The van der Waals surface area contributed by atoms with Crippen LogP contribution in [0, 0.1) is 18.3 Å². The number of amides is 1. The fourth-order valence-corrected chi connectivity index (χ4v) is 3.57. The van der Waals surface area contributed by atoms with E-state index < -0.39 is 17.5 Å². The van der Waals surface area contributed by atoms with E-state index in [4.69, 9.17) is 4.74 Å². The highest BCUT2D eigenvalue weighted by Crippen LogP contribution is 2.45. The molecule has 6 nitrogen and oxygen atoms in total. The molecule has 1 heterocycles. The first-order valence-electron chi connectivity index (χ1n) is 8.79. The van der Waals surface area contributed by atoms with E-state index in [2.05, 4.69) is 0 Å². The number of rotatable bonds is 6. The summed E-state index contributed by atoms with van der Waals surface area (Å²) in [6.45, 7) is 2.23. The van der Waals surface area contributed by atoms with E-state index in [-0.39, 0.29) is 25.5 Å². The fraction of sp³-hybridized carbons (Fsp3) is 0.579. The van der Waals surface area contributed by atoms with Crippen LogP contribution in [-0.4, -0.2) is 52.8 Å². The Bertz CT molecular complexity index is 657. The number of likely N-dealkylation sites (tertiary alicyclic amines) is 1. The molecule has 25 heavy (non-hydrogen) atoms. The van der Waals surface area contributed by atoms with Crippen molar-refractivity contribution in [2.75, 3.05) is 19.7 Å². The van der Waals surface area contributed by atoms with E-state index in [1.807, 2.05) is 25.1 Å². The molecule has 0 spiro atoms. The monoisotopic (exact) mass is 347 g/mol. The van der Waals surface area contributed by atoms with Crippen LogP contribution in [0.3, 0.4) is 0 Å². The third-order valence-corrected chi connectivity index (χ3v) is 5.26. The molecule has 6 heteroatoms. The number of aryl methyl sites for hydroxylation is 1. The van der Waals surface area contributed by atoms with Gasteiger partial charge in [-0.15, -0.1) is 0 Å². The summed E-state index contributed by atoms with van der Waals surface area (Å²) in [7, 11) is 0. The molecule has 2 atom stereocenters. The van der Waals surface area contributed by atoms with Gasteiger partial charge < -0.3 is 19.8 Å². The van der Waals surface area contributed by atoms with Gasteiger partial charge in [-0.2, -0.15) is 0 Å². The van der Waals surface area contributed by atoms with E-state index in [9.17, 15) is 19.8 Å². The van der Waals surface area contributed by atoms with Crippen molar-refractivity contribution in [3.63, 3.8) is 0 Å². The number of hydrogen-bond acceptors (Lipinski definition) is 4. The molecular formula is C19H25NO5. The van der Waals surface area contributed by atoms with Crippen LogP contribution in [0.5, 0.6) is 5.75 Å². The lowest BCUT2D eigenvalue weighted by Gasteiger charge is -2.43. The van der Waals surface area contributed by atoms with Gasteiger partial charge in [-0.3, -0.25) is 9.59 Å². The summed E-state index contributed by atoms with van der Waals surface area (Å²) in [5, 5.41) is 20.1. The van der Waals surface area contributed by atoms with Crippen molar-refractivity contribution in [1.29, 1.82) is 0 Å². The van der Waals surface area contributed by atoms with Crippen molar-refractivity contribution < 1.29 is 24.5 Å². The van der Waals surface area contributed by atoms with Crippen LogP contribution in [-0.2, 0) is 9.59 Å². The number of carboxylic acids is 1. The smallest absolute Gasteiger partial charge is 0.314 e. The first kappa shape index (κ1) is 17.7. The number of piperidine rings is 1. The molecule has 2 fully saturated rings.